The SMILES string of the molecule is CCCC1OC2SC(N(C)CCC)=NC2C(O)C1O. The van der Waals surface area contributed by atoms with Crippen LogP contribution in [0.1, 0.15) is 33.1 Å². The number of rotatable bonds is 4. The smallest absolute Gasteiger partial charge is 0.162 e. The Morgan fingerprint density at radius 2 is 2.00 bits per heavy atom. The maximum Gasteiger partial charge on any atom is 0.162 e. The zero-order valence-corrected chi connectivity index (χ0v) is 12.6. The molecule has 5 nitrogen and oxygen atoms in total. The molecule has 2 aliphatic rings. The van der Waals surface area contributed by atoms with E-state index in [2.05, 4.69) is 16.8 Å². The fourth-order valence-corrected chi connectivity index (χ4v) is 3.78. The largest absolute Gasteiger partial charge is 0.388 e. The quantitative estimate of drug-likeness (QED) is 0.809. The molecule has 0 aromatic rings. The lowest BCUT2D eigenvalue weighted by molar-refractivity contribution is -0.154. The number of thioether (sulfide) groups is 1. The Hall–Kier alpha value is -0.300. The normalized spacial score (nSPS) is 37.9. The molecular weight excluding hydrogens is 264 g/mol. The van der Waals surface area contributed by atoms with Gasteiger partial charge in [-0.1, -0.05) is 32.0 Å². The first kappa shape index (κ1) is 15.1. The Kier molecular flexibility index (Phi) is 5.11. The van der Waals surface area contributed by atoms with Gasteiger partial charge >= 0.3 is 0 Å². The Morgan fingerprint density at radius 3 is 2.63 bits per heavy atom. The number of hydrogen-bond acceptors (Lipinski definition) is 6. The molecule has 5 atom stereocenters. The van der Waals surface area contributed by atoms with E-state index >= 15 is 0 Å². The first-order valence-corrected chi connectivity index (χ1v) is 7.93. The van der Waals surface area contributed by atoms with E-state index in [1.807, 2.05) is 14.0 Å². The van der Waals surface area contributed by atoms with E-state index in [0.717, 1.165) is 31.0 Å². The first-order valence-electron chi connectivity index (χ1n) is 7.05. The fraction of sp³-hybridized carbons (Fsp3) is 0.923. The summed E-state index contributed by atoms with van der Waals surface area (Å²) in [6, 6.07) is -0.345. The number of aliphatic imine (C=N–C) groups is 1. The molecule has 0 radical (unpaired) electrons. The molecule has 0 amide bonds. The molecule has 0 aromatic carbocycles. The summed E-state index contributed by atoms with van der Waals surface area (Å²) in [4.78, 5) is 6.61. The summed E-state index contributed by atoms with van der Waals surface area (Å²) in [7, 11) is 2.00. The summed E-state index contributed by atoms with van der Waals surface area (Å²) in [5.74, 6) is 0. The van der Waals surface area contributed by atoms with E-state index in [-0.39, 0.29) is 17.6 Å². The molecule has 1 saturated heterocycles. The lowest BCUT2D eigenvalue weighted by Gasteiger charge is -2.38. The van der Waals surface area contributed by atoms with Crippen molar-refractivity contribution in [3.63, 3.8) is 0 Å². The lowest BCUT2D eigenvalue weighted by atomic mass is 9.96. The van der Waals surface area contributed by atoms with Crippen molar-refractivity contribution in [2.75, 3.05) is 13.6 Å². The molecule has 110 valence electrons. The van der Waals surface area contributed by atoms with Gasteiger partial charge in [0.15, 0.2) is 5.17 Å². The van der Waals surface area contributed by atoms with Crippen molar-refractivity contribution in [3.05, 3.63) is 0 Å². The average Bonchev–Trinajstić information content (AvgIpc) is 2.80. The highest BCUT2D eigenvalue weighted by Gasteiger charge is 2.48. The molecule has 19 heavy (non-hydrogen) atoms. The van der Waals surface area contributed by atoms with Gasteiger partial charge in [0.2, 0.25) is 0 Å². The second-order valence-corrected chi connectivity index (χ2v) is 6.32. The maximum atomic E-state index is 10.2. The molecular formula is C13H24N2O3S. The van der Waals surface area contributed by atoms with Crippen LogP contribution >= 0.6 is 11.8 Å². The highest BCUT2D eigenvalue weighted by atomic mass is 32.2. The molecule has 2 rings (SSSR count). The molecule has 5 unspecified atom stereocenters. The van der Waals surface area contributed by atoms with Gasteiger partial charge in [0.25, 0.3) is 0 Å². The lowest BCUT2D eigenvalue weighted by Crippen LogP contribution is -2.54. The molecule has 2 N–H and O–H groups in total. The van der Waals surface area contributed by atoms with Crippen LogP contribution in [0.25, 0.3) is 0 Å². The number of hydrogen-bond donors (Lipinski definition) is 2. The Balaban J connectivity index is 2.05. The topological polar surface area (TPSA) is 65.3 Å². The average molecular weight is 288 g/mol. The van der Waals surface area contributed by atoms with E-state index in [1.54, 1.807) is 11.8 Å². The third kappa shape index (κ3) is 3.07. The first-order chi connectivity index (χ1) is 9.08. The maximum absolute atomic E-state index is 10.2. The molecule has 0 aliphatic carbocycles. The van der Waals surface area contributed by atoms with Crippen molar-refractivity contribution in [3.8, 4) is 0 Å². The molecule has 0 bridgehead atoms. The van der Waals surface area contributed by atoms with Gasteiger partial charge < -0.3 is 19.8 Å². The van der Waals surface area contributed by atoms with Crippen LogP contribution in [0.4, 0.5) is 0 Å². The Morgan fingerprint density at radius 1 is 1.26 bits per heavy atom. The van der Waals surface area contributed by atoms with Gasteiger partial charge in [-0.2, -0.15) is 0 Å². The molecule has 1 fully saturated rings. The Bertz CT molecular complexity index is 340. The second kappa shape index (κ2) is 6.43. The van der Waals surface area contributed by atoms with Gasteiger partial charge in [-0.25, -0.2) is 0 Å². The van der Waals surface area contributed by atoms with Crippen LogP contribution in [-0.4, -0.2) is 63.7 Å². The van der Waals surface area contributed by atoms with E-state index in [0.29, 0.717) is 0 Å². The summed E-state index contributed by atoms with van der Waals surface area (Å²) in [5.41, 5.74) is -0.163. The minimum atomic E-state index is -0.832. The highest BCUT2D eigenvalue weighted by molar-refractivity contribution is 8.14. The highest BCUT2D eigenvalue weighted by Crippen LogP contribution is 2.38. The van der Waals surface area contributed by atoms with E-state index in [1.165, 1.54) is 0 Å². The van der Waals surface area contributed by atoms with E-state index in [9.17, 15) is 10.2 Å². The van der Waals surface area contributed by atoms with Crippen molar-refractivity contribution in [2.24, 2.45) is 4.99 Å². The molecule has 2 heterocycles. The monoisotopic (exact) mass is 288 g/mol. The van der Waals surface area contributed by atoms with Gasteiger partial charge in [0.1, 0.15) is 23.7 Å². The number of aliphatic hydroxyl groups is 2. The van der Waals surface area contributed by atoms with Gasteiger partial charge in [0, 0.05) is 13.6 Å². The second-order valence-electron chi connectivity index (χ2n) is 5.25. The van der Waals surface area contributed by atoms with Gasteiger partial charge in [0.05, 0.1) is 6.10 Å². The van der Waals surface area contributed by atoms with Crippen molar-refractivity contribution >= 4 is 16.9 Å². The molecule has 0 spiro atoms. The third-order valence-electron chi connectivity index (χ3n) is 3.61. The van der Waals surface area contributed by atoms with Crippen LogP contribution < -0.4 is 0 Å². The summed E-state index contributed by atoms with van der Waals surface area (Å²) in [6.45, 7) is 5.10. The summed E-state index contributed by atoms with van der Waals surface area (Å²) in [5, 5.41) is 21.2. The van der Waals surface area contributed by atoms with Crippen molar-refractivity contribution < 1.29 is 14.9 Å². The molecule has 2 aliphatic heterocycles. The van der Waals surface area contributed by atoms with Crippen LogP contribution in [0.2, 0.25) is 0 Å². The summed E-state index contributed by atoms with van der Waals surface area (Å²) >= 11 is 1.56. The number of ether oxygens (including phenoxy) is 1. The van der Waals surface area contributed by atoms with Crippen LogP contribution in [-0.2, 0) is 4.74 Å². The van der Waals surface area contributed by atoms with Crippen molar-refractivity contribution in [1.82, 2.24) is 4.90 Å². The predicted molar refractivity (Wildman–Crippen MR) is 77.3 cm³/mol. The van der Waals surface area contributed by atoms with Crippen molar-refractivity contribution in [2.45, 2.75) is 62.9 Å². The van der Waals surface area contributed by atoms with E-state index in [4.69, 9.17) is 4.74 Å². The standard InChI is InChI=1S/C13H24N2O3S/c1-4-6-8-10(16)11(17)9-12(18-8)19-13(14-9)15(3)7-5-2/h8-12,16-17H,4-7H2,1-3H3. The number of nitrogens with zero attached hydrogens (tertiary/aromatic N) is 2. The summed E-state index contributed by atoms with van der Waals surface area (Å²) < 4.78 is 5.90. The minimum Gasteiger partial charge on any atom is -0.388 e. The van der Waals surface area contributed by atoms with E-state index < -0.39 is 12.2 Å². The Labute approximate surface area is 119 Å². The van der Waals surface area contributed by atoms with Crippen LogP contribution in [0.3, 0.4) is 0 Å². The van der Waals surface area contributed by atoms with Crippen LogP contribution in [0, 0.1) is 0 Å². The van der Waals surface area contributed by atoms with Crippen molar-refractivity contribution in [1.29, 1.82) is 0 Å². The van der Waals surface area contributed by atoms with Gasteiger partial charge in [-0.3, -0.25) is 4.99 Å². The van der Waals surface area contributed by atoms with Crippen LogP contribution in [0.15, 0.2) is 4.99 Å². The zero-order valence-electron chi connectivity index (χ0n) is 11.8. The van der Waals surface area contributed by atoms with Gasteiger partial charge in [-0.15, -0.1) is 0 Å². The van der Waals surface area contributed by atoms with Crippen LogP contribution in [0.5, 0.6) is 0 Å². The van der Waals surface area contributed by atoms with Gasteiger partial charge in [-0.05, 0) is 12.8 Å². The number of amidine groups is 1. The fourth-order valence-electron chi connectivity index (χ4n) is 2.56. The molecule has 0 aromatic heterocycles. The predicted octanol–water partition coefficient (Wildman–Crippen LogP) is 1.05. The number of fused-ring (bicyclic) bond motifs is 1. The third-order valence-corrected chi connectivity index (χ3v) is 4.86. The minimum absolute atomic E-state index is 0.163. The molecule has 0 saturated carbocycles. The molecule has 6 heteroatoms. The number of aliphatic hydroxyl groups excluding tert-OH is 2. The summed E-state index contributed by atoms with van der Waals surface area (Å²) in [6.07, 6.45) is 0.814. The zero-order chi connectivity index (χ0) is 14.0.